The zero-order valence-corrected chi connectivity index (χ0v) is 12.9. The smallest absolute Gasteiger partial charge is 0.186 e. The molecule has 0 aliphatic rings. The molecular formula is C14H14BrClN2O. The van der Waals surface area contributed by atoms with E-state index in [1.807, 2.05) is 12.1 Å². The van der Waals surface area contributed by atoms with Crippen LogP contribution < -0.4 is 0 Å². The molecule has 100 valence electrons. The summed E-state index contributed by atoms with van der Waals surface area (Å²) in [6.07, 6.45) is 2.96. The maximum absolute atomic E-state index is 12.4. The highest BCUT2D eigenvalue weighted by atomic mass is 79.9. The number of aryl methyl sites for hydroxylation is 1. The zero-order valence-electron chi connectivity index (χ0n) is 10.6. The Kier molecular flexibility index (Phi) is 4.77. The first-order chi connectivity index (χ1) is 9.11. The van der Waals surface area contributed by atoms with Crippen LogP contribution in [0.25, 0.3) is 0 Å². The van der Waals surface area contributed by atoms with Crippen LogP contribution in [-0.4, -0.2) is 15.6 Å². The van der Waals surface area contributed by atoms with Gasteiger partial charge in [0.25, 0.3) is 0 Å². The molecule has 1 heterocycles. The summed E-state index contributed by atoms with van der Waals surface area (Å²) in [5.41, 5.74) is 1.59. The highest BCUT2D eigenvalue weighted by Crippen LogP contribution is 2.19. The number of halogens is 2. The normalized spacial score (nSPS) is 10.7. The van der Waals surface area contributed by atoms with Crippen molar-refractivity contribution < 1.29 is 4.79 Å². The topological polar surface area (TPSA) is 34.9 Å². The number of ketones is 1. The number of hydrogen-bond acceptors (Lipinski definition) is 2. The maximum Gasteiger partial charge on any atom is 0.186 e. The minimum Gasteiger partial charge on any atom is -0.292 e. The third kappa shape index (κ3) is 3.45. The van der Waals surface area contributed by atoms with Gasteiger partial charge in [-0.25, -0.2) is 0 Å². The van der Waals surface area contributed by atoms with Crippen molar-refractivity contribution in [1.29, 1.82) is 0 Å². The zero-order chi connectivity index (χ0) is 13.8. The van der Waals surface area contributed by atoms with Crippen molar-refractivity contribution in [2.45, 2.75) is 26.3 Å². The predicted molar refractivity (Wildman–Crippen MR) is 79.7 cm³/mol. The van der Waals surface area contributed by atoms with Crippen molar-refractivity contribution in [1.82, 2.24) is 9.78 Å². The second-order valence-electron chi connectivity index (χ2n) is 4.29. The van der Waals surface area contributed by atoms with Crippen molar-refractivity contribution in [3.63, 3.8) is 0 Å². The Morgan fingerprint density at radius 3 is 2.68 bits per heavy atom. The van der Waals surface area contributed by atoms with Crippen LogP contribution in [0.1, 0.15) is 29.4 Å². The summed E-state index contributed by atoms with van der Waals surface area (Å²) in [6.45, 7) is 2.80. The molecular weight excluding hydrogens is 328 g/mol. The van der Waals surface area contributed by atoms with Gasteiger partial charge in [-0.05, 0) is 40.0 Å². The lowest BCUT2D eigenvalue weighted by Gasteiger charge is -2.06. The molecule has 0 radical (unpaired) electrons. The number of rotatable bonds is 5. The number of nitrogens with zero attached hydrogens (tertiary/aromatic N) is 2. The monoisotopic (exact) mass is 340 g/mol. The molecule has 3 nitrogen and oxygen atoms in total. The first kappa shape index (κ1) is 14.3. The molecule has 0 spiro atoms. The molecule has 0 saturated carbocycles. The van der Waals surface area contributed by atoms with Gasteiger partial charge in [-0.15, -0.1) is 0 Å². The van der Waals surface area contributed by atoms with Gasteiger partial charge in [0, 0.05) is 18.0 Å². The molecule has 0 saturated heterocycles. The van der Waals surface area contributed by atoms with Crippen LogP contribution in [-0.2, 0) is 13.0 Å². The van der Waals surface area contributed by atoms with Crippen LogP contribution in [0, 0.1) is 0 Å². The number of benzene rings is 1. The van der Waals surface area contributed by atoms with Crippen molar-refractivity contribution in [2.75, 3.05) is 0 Å². The summed E-state index contributed by atoms with van der Waals surface area (Å²) in [5.74, 6) is 0.0557. The van der Waals surface area contributed by atoms with Crippen LogP contribution >= 0.6 is 27.5 Å². The Hall–Kier alpha value is -1.13. The van der Waals surface area contributed by atoms with E-state index in [0.717, 1.165) is 23.0 Å². The van der Waals surface area contributed by atoms with Crippen LogP contribution in [0.2, 0.25) is 5.02 Å². The Morgan fingerprint density at radius 1 is 1.37 bits per heavy atom. The molecule has 1 aromatic carbocycles. The number of hydrogen-bond donors (Lipinski definition) is 0. The van der Waals surface area contributed by atoms with E-state index in [2.05, 4.69) is 28.0 Å². The molecule has 2 aromatic rings. The van der Waals surface area contributed by atoms with Gasteiger partial charge >= 0.3 is 0 Å². The first-order valence-corrected chi connectivity index (χ1v) is 7.28. The molecule has 0 fully saturated rings. The van der Waals surface area contributed by atoms with Crippen LogP contribution in [0.15, 0.2) is 34.9 Å². The SMILES string of the molecule is CCCn1ncc(Br)c1C(=O)Cc1ccc(Cl)cc1. The fraction of sp³-hybridized carbons (Fsp3) is 0.286. The van der Waals surface area contributed by atoms with Crippen molar-refractivity contribution in [3.05, 3.63) is 51.2 Å². The molecule has 0 bridgehead atoms. The Bertz CT molecular complexity index is 578. The van der Waals surface area contributed by atoms with Crippen molar-refractivity contribution >= 4 is 33.3 Å². The average molecular weight is 342 g/mol. The Labute approximate surface area is 125 Å². The molecule has 0 unspecified atom stereocenters. The molecule has 0 aliphatic heterocycles. The van der Waals surface area contributed by atoms with Gasteiger partial charge in [-0.3, -0.25) is 9.48 Å². The number of aromatic nitrogens is 2. The summed E-state index contributed by atoms with van der Waals surface area (Å²) < 4.78 is 2.50. The van der Waals surface area contributed by atoms with Crippen LogP contribution in [0.5, 0.6) is 0 Å². The number of carbonyl (C=O) groups is 1. The van der Waals surface area contributed by atoms with Gasteiger partial charge in [0.2, 0.25) is 0 Å². The van der Waals surface area contributed by atoms with Gasteiger partial charge < -0.3 is 0 Å². The second-order valence-corrected chi connectivity index (χ2v) is 5.58. The van der Waals surface area contributed by atoms with E-state index in [0.29, 0.717) is 17.1 Å². The van der Waals surface area contributed by atoms with E-state index in [1.54, 1.807) is 23.0 Å². The summed E-state index contributed by atoms with van der Waals surface area (Å²) >= 11 is 9.22. The van der Waals surface area contributed by atoms with Gasteiger partial charge in [0.05, 0.1) is 10.7 Å². The molecule has 1 aromatic heterocycles. The largest absolute Gasteiger partial charge is 0.292 e. The Balaban J connectivity index is 2.20. The van der Waals surface area contributed by atoms with Crippen molar-refractivity contribution in [2.24, 2.45) is 0 Å². The molecule has 0 amide bonds. The fourth-order valence-electron chi connectivity index (χ4n) is 1.89. The third-order valence-corrected chi connectivity index (χ3v) is 3.60. The summed E-state index contributed by atoms with van der Waals surface area (Å²) in [5, 5.41) is 4.88. The lowest BCUT2D eigenvalue weighted by molar-refractivity contribution is 0.0981. The molecule has 19 heavy (non-hydrogen) atoms. The van der Waals surface area contributed by atoms with Gasteiger partial charge in [0.15, 0.2) is 5.78 Å². The van der Waals surface area contributed by atoms with Gasteiger partial charge in [-0.2, -0.15) is 5.10 Å². The van der Waals surface area contributed by atoms with E-state index in [9.17, 15) is 4.79 Å². The Morgan fingerprint density at radius 2 is 2.05 bits per heavy atom. The highest BCUT2D eigenvalue weighted by molar-refractivity contribution is 9.10. The van der Waals surface area contributed by atoms with Crippen LogP contribution in [0.3, 0.4) is 0 Å². The maximum atomic E-state index is 12.4. The summed E-state index contributed by atoms with van der Waals surface area (Å²) in [6, 6.07) is 7.33. The first-order valence-electron chi connectivity index (χ1n) is 6.10. The van der Waals surface area contributed by atoms with Crippen molar-refractivity contribution in [3.8, 4) is 0 Å². The third-order valence-electron chi connectivity index (χ3n) is 2.77. The van der Waals surface area contributed by atoms with E-state index < -0.39 is 0 Å². The number of Topliss-reactive ketones (excluding diaryl/α,β-unsaturated/α-hetero) is 1. The van der Waals surface area contributed by atoms with Crippen LogP contribution in [0.4, 0.5) is 0 Å². The van der Waals surface area contributed by atoms with Gasteiger partial charge in [-0.1, -0.05) is 30.7 Å². The summed E-state index contributed by atoms with van der Waals surface area (Å²) in [4.78, 5) is 12.4. The highest BCUT2D eigenvalue weighted by Gasteiger charge is 2.17. The standard InChI is InChI=1S/C14H14BrClN2O/c1-2-7-18-14(12(15)9-17-18)13(19)8-10-3-5-11(16)6-4-10/h3-6,9H,2,7-8H2,1H3. The van der Waals surface area contributed by atoms with Gasteiger partial charge in [0.1, 0.15) is 5.69 Å². The quantitative estimate of drug-likeness (QED) is 0.766. The lowest BCUT2D eigenvalue weighted by atomic mass is 10.1. The number of carbonyl (C=O) groups excluding carboxylic acids is 1. The molecule has 0 aliphatic carbocycles. The average Bonchev–Trinajstić information content (AvgIpc) is 2.74. The minimum atomic E-state index is 0.0557. The second kappa shape index (κ2) is 6.35. The lowest BCUT2D eigenvalue weighted by Crippen LogP contribution is -2.13. The predicted octanol–water partition coefficient (Wildman–Crippen LogP) is 4.13. The summed E-state index contributed by atoms with van der Waals surface area (Å²) in [7, 11) is 0. The molecule has 0 atom stereocenters. The minimum absolute atomic E-state index is 0.0557. The molecule has 0 N–H and O–H groups in total. The van der Waals surface area contributed by atoms with E-state index >= 15 is 0 Å². The van der Waals surface area contributed by atoms with E-state index in [1.165, 1.54) is 0 Å². The van der Waals surface area contributed by atoms with E-state index in [-0.39, 0.29) is 5.78 Å². The molecule has 2 rings (SSSR count). The van der Waals surface area contributed by atoms with E-state index in [4.69, 9.17) is 11.6 Å². The fourth-order valence-corrected chi connectivity index (χ4v) is 2.54. The molecule has 5 heteroatoms.